The Hall–Kier alpha value is -1.07. The van der Waals surface area contributed by atoms with Gasteiger partial charge in [-0.25, -0.2) is 4.39 Å². The molecule has 1 unspecified atom stereocenters. The minimum absolute atomic E-state index is 0.160. The summed E-state index contributed by atoms with van der Waals surface area (Å²) in [5, 5.41) is 3.02. The number of thioether (sulfide) groups is 1. The number of nitrogens with one attached hydrogen (secondary N) is 1. The Labute approximate surface area is 111 Å². The molecule has 3 nitrogen and oxygen atoms in total. The summed E-state index contributed by atoms with van der Waals surface area (Å²) in [5.74, 6) is 0.157. The molecule has 1 atom stereocenters. The molecule has 0 aromatic heterocycles. The predicted molar refractivity (Wildman–Crippen MR) is 75.2 cm³/mol. The van der Waals surface area contributed by atoms with Gasteiger partial charge in [-0.05, 0) is 25.1 Å². The monoisotopic (exact) mass is 270 g/mol. The summed E-state index contributed by atoms with van der Waals surface area (Å²) in [6.45, 7) is 2.75. The van der Waals surface area contributed by atoms with Gasteiger partial charge in [0, 0.05) is 17.4 Å². The highest BCUT2D eigenvalue weighted by atomic mass is 32.2. The molecule has 1 amide bonds. The smallest absolute Gasteiger partial charge is 0.225 e. The first-order chi connectivity index (χ1) is 8.63. The maximum Gasteiger partial charge on any atom is 0.225 e. The maximum absolute atomic E-state index is 13.3. The molecule has 0 aliphatic heterocycles. The van der Waals surface area contributed by atoms with Crippen LogP contribution in [0.3, 0.4) is 0 Å². The quantitative estimate of drug-likeness (QED) is 0.801. The SMILES string of the molecule is CC(CCN)SCCC(=O)Nc1ccccc1F. The van der Waals surface area contributed by atoms with E-state index in [2.05, 4.69) is 12.2 Å². The number of carbonyl (C=O) groups excluding carboxylic acids is 1. The second kappa shape index (κ2) is 8.11. The van der Waals surface area contributed by atoms with E-state index in [9.17, 15) is 9.18 Å². The van der Waals surface area contributed by atoms with E-state index in [1.807, 2.05) is 0 Å². The second-order valence-electron chi connectivity index (χ2n) is 4.04. The highest BCUT2D eigenvalue weighted by Crippen LogP contribution is 2.16. The number of amides is 1. The lowest BCUT2D eigenvalue weighted by atomic mass is 10.3. The first kappa shape index (κ1) is 15.0. The van der Waals surface area contributed by atoms with Gasteiger partial charge in [-0.2, -0.15) is 11.8 Å². The zero-order valence-electron chi connectivity index (χ0n) is 10.5. The van der Waals surface area contributed by atoms with Crippen molar-refractivity contribution in [3.05, 3.63) is 30.1 Å². The van der Waals surface area contributed by atoms with Crippen LogP contribution in [-0.4, -0.2) is 23.5 Å². The first-order valence-corrected chi connectivity index (χ1v) is 7.04. The second-order valence-corrected chi connectivity index (χ2v) is 5.58. The summed E-state index contributed by atoms with van der Waals surface area (Å²) in [4.78, 5) is 11.6. The van der Waals surface area contributed by atoms with Crippen LogP contribution in [0.4, 0.5) is 10.1 Å². The lowest BCUT2D eigenvalue weighted by Gasteiger charge is -2.09. The third-order valence-electron chi connectivity index (χ3n) is 2.45. The number of hydrogen-bond donors (Lipinski definition) is 2. The highest BCUT2D eigenvalue weighted by Gasteiger charge is 2.07. The van der Waals surface area contributed by atoms with Gasteiger partial charge >= 0.3 is 0 Å². The molecule has 0 bridgehead atoms. The van der Waals surface area contributed by atoms with Gasteiger partial charge in [-0.1, -0.05) is 19.1 Å². The van der Waals surface area contributed by atoms with E-state index in [1.165, 1.54) is 6.07 Å². The third kappa shape index (κ3) is 5.51. The van der Waals surface area contributed by atoms with Crippen molar-refractivity contribution in [1.29, 1.82) is 0 Å². The molecule has 0 fully saturated rings. The van der Waals surface area contributed by atoms with Crippen LogP contribution in [0.2, 0.25) is 0 Å². The van der Waals surface area contributed by atoms with Crippen LogP contribution in [0.5, 0.6) is 0 Å². The molecular formula is C13H19FN2OS. The van der Waals surface area contributed by atoms with Crippen LogP contribution in [-0.2, 0) is 4.79 Å². The lowest BCUT2D eigenvalue weighted by molar-refractivity contribution is -0.115. The number of rotatable bonds is 7. The molecule has 0 heterocycles. The number of nitrogens with two attached hydrogens (primary N) is 1. The number of anilines is 1. The summed E-state index contributed by atoms with van der Waals surface area (Å²) in [6, 6.07) is 6.16. The average molecular weight is 270 g/mol. The van der Waals surface area contributed by atoms with Crippen LogP contribution in [0.25, 0.3) is 0 Å². The largest absolute Gasteiger partial charge is 0.330 e. The number of halogens is 1. The van der Waals surface area contributed by atoms with Gasteiger partial charge < -0.3 is 11.1 Å². The van der Waals surface area contributed by atoms with E-state index in [0.717, 1.165) is 12.2 Å². The van der Waals surface area contributed by atoms with Crippen molar-refractivity contribution >= 4 is 23.4 Å². The molecule has 0 spiro atoms. The number of benzene rings is 1. The van der Waals surface area contributed by atoms with Gasteiger partial charge in [0.15, 0.2) is 0 Å². The number of carbonyl (C=O) groups is 1. The van der Waals surface area contributed by atoms with Gasteiger partial charge in [0.05, 0.1) is 5.69 Å². The average Bonchev–Trinajstić information content (AvgIpc) is 2.32. The fourth-order valence-corrected chi connectivity index (χ4v) is 2.45. The molecular weight excluding hydrogens is 251 g/mol. The van der Waals surface area contributed by atoms with Crippen LogP contribution in [0, 0.1) is 5.82 Å². The van der Waals surface area contributed by atoms with E-state index in [1.54, 1.807) is 30.0 Å². The van der Waals surface area contributed by atoms with Gasteiger partial charge in [0.2, 0.25) is 5.91 Å². The van der Waals surface area contributed by atoms with Crippen molar-refractivity contribution in [2.45, 2.75) is 25.0 Å². The normalized spacial score (nSPS) is 12.2. The Kier molecular flexibility index (Phi) is 6.75. The zero-order valence-corrected chi connectivity index (χ0v) is 11.3. The van der Waals surface area contributed by atoms with E-state index in [0.29, 0.717) is 18.2 Å². The lowest BCUT2D eigenvalue weighted by Crippen LogP contribution is -2.14. The predicted octanol–water partition coefficient (Wildman–Crippen LogP) is 2.62. The van der Waals surface area contributed by atoms with Crippen LogP contribution < -0.4 is 11.1 Å². The van der Waals surface area contributed by atoms with Crippen LogP contribution in [0.15, 0.2) is 24.3 Å². The van der Waals surface area contributed by atoms with Gasteiger partial charge in [0.25, 0.3) is 0 Å². The molecule has 0 aliphatic rings. The summed E-state index contributed by atoms with van der Waals surface area (Å²) in [7, 11) is 0. The summed E-state index contributed by atoms with van der Waals surface area (Å²) < 4.78 is 13.3. The van der Waals surface area contributed by atoms with Gasteiger partial charge in [0.1, 0.15) is 5.82 Å². The molecule has 1 aromatic rings. The van der Waals surface area contributed by atoms with Crippen molar-refractivity contribution in [2.75, 3.05) is 17.6 Å². The summed E-state index contributed by atoms with van der Waals surface area (Å²) >= 11 is 1.71. The maximum atomic E-state index is 13.3. The Balaban J connectivity index is 2.28. The molecule has 1 rings (SSSR count). The molecule has 3 N–H and O–H groups in total. The molecule has 5 heteroatoms. The molecule has 0 saturated carbocycles. The molecule has 18 heavy (non-hydrogen) atoms. The highest BCUT2D eigenvalue weighted by molar-refractivity contribution is 7.99. The first-order valence-electron chi connectivity index (χ1n) is 5.99. The van der Waals surface area contributed by atoms with Crippen molar-refractivity contribution in [3.8, 4) is 0 Å². The Bertz CT molecular complexity index is 387. The van der Waals surface area contributed by atoms with Crippen molar-refractivity contribution in [1.82, 2.24) is 0 Å². The molecule has 0 aliphatic carbocycles. The Morgan fingerprint density at radius 2 is 2.22 bits per heavy atom. The van der Waals surface area contributed by atoms with Crippen molar-refractivity contribution in [3.63, 3.8) is 0 Å². The van der Waals surface area contributed by atoms with Crippen LogP contribution in [0.1, 0.15) is 19.8 Å². The van der Waals surface area contributed by atoms with E-state index in [-0.39, 0.29) is 11.6 Å². The third-order valence-corrected chi connectivity index (χ3v) is 3.70. The fraction of sp³-hybridized carbons (Fsp3) is 0.462. The summed E-state index contributed by atoms with van der Waals surface area (Å²) in [6.07, 6.45) is 1.33. The molecule has 1 aromatic carbocycles. The Morgan fingerprint density at radius 3 is 2.89 bits per heavy atom. The van der Waals surface area contributed by atoms with Crippen LogP contribution >= 0.6 is 11.8 Å². The van der Waals surface area contributed by atoms with Crippen molar-refractivity contribution in [2.24, 2.45) is 5.73 Å². The van der Waals surface area contributed by atoms with Gasteiger partial charge in [-0.15, -0.1) is 0 Å². The molecule has 0 radical (unpaired) electrons. The van der Waals surface area contributed by atoms with E-state index < -0.39 is 5.82 Å². The standard InChI is InChI=1S/C13H19FN2OS/c1-10(6-8-15)18-9-7-13(17)16-12-5-3-2-4-11(12)14/h2-5,10H,6-9,15H2,1H3,(H,16,17). The zero-order chi connectivity index (χ0) is 13.4. The Morgan fingerprint density at radius 1 is 1.50 bits per heavy atom. The van der Waals surface area contributed by atoms with E-state index >= 15 is 0 Å². The topological polar surface area (TPSA) is 55.1 Å². The minimum atomic E-state index is -0.407. The molecule has 0 saturated heterocycles. The number of hydrogen-bond acceptors (Lipinski definition) is 3. The van der Waals surface area contributed by atoms with Gasteiger partial charge in [-0.3, -0.25) is 4.79 Å². The summed E-state index contributed by atoms with van der Waals surface area (Å²) in [5.41, 5.74) is 5.68. The minimum Gasteiger partial charge on any atom is -0.330 e. The molecule has 100 valence electrons. The van der Waals surface area contributed by atoms with E-state index in [4.69, 9.17) is 5.73 Å². The van der Waals surface area contributed by atoms with Crippen molar-refractivity contribution < 1.29 is 9.18 Å². The number of para-hydroxylation sites is 1. The fourth-order valence-electron chi connectivity index (χ4n) is 1.45.